The summed E-state index contributed by atoms with van der Waals surface area (Å²) >= 11 is 3.71. The van der Waals surface area contributed by atoms with Gasteiger partial charge >= 0.3 is 0 Å². The summed E-state index contributed by atoms with van der Waals surface area (Å²) in [4.78, 5) is 34.5. The molecule has 0 saturated carbocycles. The summed E-state index contributed by atoms with van der Waals surface area (Å²) in [6.45, 7) is 0. The molecule has 1 aromatic heterocycles. The minimum Gasteiger partial charge on any atom is -0.497 e. The number of aromatic nitrogens is 2. The SMILES string of the molecule is COc1ccc(NC(=O)CSc2nc(SCC(=O)Nc3ccc(OC)cc3)c(C#N)c(SCc3ccccc3)n2)cc1. The Morgan fingerprint density at radius 2 is 1.24 bits per heavy atom. The van der Waals surface area contributed by atoms with Crippen LogP contribution in [0.1, 0.15) is 11.1 Å². The van der Waals surface area contributed by atoms with Crippen LogP contribution in [-0.4, -0.2) is 47.5 Å². The molecule has 42 heavy (non-hydrogen) atoms. The van der Waals surface area contributed by atoms with Gasteiger partial charge in [0.25, 0.3) is 0 Å². The molecule has 4 aromatic rings. The van der Waals surface area contributed by atoms with Crippen molar-refractivity contribution in [2.75, 3.05) is 36.4 Å². The molecule has 0 aliphatic rings. The van der Waals surface area contributed by atoms with Crippen LogP contribution >= 0.6 is 35.3 Å². The van der Waals surface area contributed by atoms with Gasteiger partial charge in [-0.2, -0.15) is 5.26 Å². The number of amides is 2. The van der Waals surface area contributed by atoms with Gasteiger partial charge in [-0.05, 0) is 54.1 Å². The summed E-state index contributed by atoms with van der Waals surface area (Å²) in [5.41, 5.74) is 2.64. The fourth-order valence-electron chi connectivity index (χ4n) is 3.50. The fourth-order valence-corrected chi connectivity index (χ4v) is 6.04. The molecule has 214 valence electrons. The van der Waals surface area contributed by atoms with Gasteiger partial charge in [-0.3, -0.25) is 9.59 Å². The zero-order valence-corrected chi connectivity index (χ0v) is 25.3. The predicted molar refractivity (Wildman–Crippen MR) is 167 cm³/mol. The van der Waals surface area contributed by atoms with Crippen LogP contribution < -0.4 is 20.1 Å². The second kappa shape index (κ2) is 15.7. The monoisotopic (exact) mass is 617 g/mol. The van der Waals surface area contributed by atoms with Gasteiger partial charge in [0.05, 0.1) is 25.7 Å². The van der Waals surface area contributed by atoms with Gasteiger partial charge in [-0.15, -0.1) is 11.8 Å². The maximum absolute atomic E-state index is 12.7. The lowest BCUT2D eigenvalue weighted by Crippen LogP contribution is -2.15. The van der Waals surface area contributed by atoms with Crippen molar-refractivity contribution in [3.05, 3.63) is 90.0 Å². The molecule has 0 spiro atoms. The number of methoxy groups -OCH3 is 2. The Morgan fingerprint density at radius 1 is 0.738 bits per heavy atom. The van der Waals surface area contributed by atoms with Crippen molar-refractivity contribution in [3.63, 3.8) is 0 Å². The molecule has 0 unspecified atom stereocenters. The third kappa shape index (κ3) is 9.17. The number of hydrogen-bond acceptors (Lipinski definition) is 10. The van der Waals surface area contributed by atoms with Crippen LogP contribution in [0.2, 0.25) is 0 Å². The van der Waals surface area contributed by atoms with E-state index in [0.717, 1.165) is 29.1 Å². The topological polar surface area (TPSA) is 126 Å². The molecule has 1 heterocycles. The zero-order chi connectivity index (χ0) is 29.7. The summed E-state index contributed by atoms with van der Waals surface area (Å²) < 4.78 is 10.3. The zero-order valence-electron chi connectivity index (χ0n) is 22.8. The highest BCUT2D eigenvalue weighted by Crippen LogP contribution is 2.32. The summed E-state index contributed by atoms with van der Waals surface area (Å²) in [5, 5.41) is 16.9. The van der Waals surface area contributed by atoms with Crippen LogP contribution in [0.4, 0.5) is 11.4 Å². The average molecular weight is 618 g/mol. The summed E-state index contributed by atoms with van der Waals surface area (Å²) in [6.07, 6.45) is 0. The Bertz CT molecular complexity index is 1550. The highest BCUT2D eigenvalue weighted by molar-refractivity contribution is 8.01. The second-order valence-corrected chi connectivity index (χ2v) is 11.4. The largest absolute Gasteiger partial charge is 0.497 e. The first kappa shape index (κ1) is 30.8. The number of carbonyl (C=O) groups excluding carboxylic acids is 2. The van der Waals surface area contributed by atoms with Gasteiger partial charge < -0.3 is 20.1 Å². The molecule has 4 rings (SSSR count). The Hall–Kier alpha value is -4.18. The normalized spacial score (nSPS) is 10.4. The molecule has 0 aliphatic heterocycles. The maximum atomic E-state index is 12.7. The highest BCUT2D eigenvalue weighted by atomic mass is 32.2. The predicted octanol–water partition coefficient (Wildman–Crippen LogP) is 6.12. The van der Waals surface area contributed by atoms with Gasteiger partial charge in [-0.25, -0.2) is 9.97 Å². The molecule has 0 saturated heterocycles. The summed E-state index contributed by atoms with van der Waals surface area (Å²) in [5.74, 6) is 1.58. The summed E-state index contributed by atoms with van der Waals surface area (Å²) in [7, 11) is 3.15. The molecular weight excluding hydrogens is 591 g/mol. The first-order valence-corrected chi connectivity index (χ1v) is 15.6. The molecule has 0 atom stereocenters. The van der Waals surface area contributed by atoms with Crippen LogP contribution in [0.25, 0.3) is 0 Å². The molecular formula is C30H27N5O4S3. The van der Waals surface area contributed by atoms with E-state index < -0.39 is 0 Å². The highest BCUT2D eigenvalue weighted by Gasteiger charge is 2.18. The van der Waals surface area contributed by atoms with Gasteiger partial charge in [-0.1, -0.05) is 53.9 Å². The molecule has 3 aromatic carbocycles. The van der Waals surface area contributed by atoms with Gasteiger partial charge in [0, 0.05) is 17.1 Å². The van der Waals surface area contributed by atoms with E-state index in [2.05, 4.69) is 26.7 Å². The fraction of sp³-hybridized carbons (Fsp3) is 0.167. The number of thioether (sulfide) groups is 3. The molecule has 12 heteroatoms. The Balaban J connectivity index is 1.47. The quantitative estimate of drug-likeness (QED) is 0.103. The third-order valence-corrected chi connectivity index (χ3v) is 8.44. The Kier molecular flexibility index (Phi) is 11.5. The van der Waals surface area contributed by atoms with Crippen molar-refractivity contribution in [1.82, 2.24) is 9.97 Å². The van der Waals surface area contributed by atoms with E-state index in [0.29, 0.717) is 49.4 Å². The molecule has 0 radical (unpaired) electrons. The first-order valence-electron chi connectivity index (χ1n) is 12.6. The van der Waals surface area contributed by atoms with Crippen LogP contribution in [0.5, 0.6) is 11.5 Å². The molecule has 0 aliphatic carbocycles. The van der Waals surface area contributed by atoms with Crippen molar-refractivity contribution in [1.29, 1.82) is 5.26 Å². The smallest absolute Gasteiger partial charge is 0.234 e. The molecule has 2 N–H and O–H groups in total. The number of anilines is 2. The number of benzene rings is 3. The lowest BCUT2D eigenvalue weighted by molar-refractivity contribution is -0.114. The molecule has 9 nitrogen and oxygen atoms in total. The minimum atomic E-state index is -0.251. The number of hydrogen-bond donors (Lipinski definition) is 2. The number of nitrogens with zero attached hydrogens (tertiary/aromatic N) is 3. The molecule has 0 bridgehead atoms. The van der Waals surface area contributed by atoms with E-state index in [4.69, 9.17) is 9.47 Å². The van der Waals surface area contributed by atoms with Crippen LogP contribution in [0.3, 0.4) is 0 Å². The van der Waals surface area contributed by atoms with Crippen molar-refractivity contribution in [2.45, 2.75) is 21.0 Å². The van der Waals surface area contributed by atoms with Gasteiger partial charge in [0.2, 0.25) is 11.8 Å². The number of rotatable bonds is 13. The minimum absolute atomic E-state index is 0.0303. The lowest BCUT2D eigenvalue weighted by atomic mass is 10.2. The first-order chi connectivity index (χ1) is 20.5. The number of carbonyl (C=O) groups is 2. The van der Waals surface area contributed by atoms with Crippen molar-refractivity contribution in [3.8, 4) is 17.6 Å². The molecule has 2 amide bonds. The van der Waals surface area contributed by atoms with Gasteiger partial charge in [0.1, 0.15) is 33.2 Å². The van der Waals surface area contributed by atoms with E-state index in [-0.39, 0.29) is 23.3 Å². The van der Waals surface area contributed by atoms with Gasteiger partial charge in [0.15, 0.2) is 5.16 Å². The number of ether oxygens (including phenoxy) is 2. The van der Waals surface area contributed by atoms with E-state index in [1.54, 1.807) is 62.8 Å². The van der Waals surface area contributed by atoms with Crippen LogP contribution in [0, 0.1) is 11.3 Å². The van der Waals surface area contributed by atoms with E-state index in [1.807, 2.05) is 30.3 Å². The molecule has 0 fully saturated rings. The Morgan fingerprint density at radius 3 is 1.74 bits per heavy atom. The summed E-state index contributed by atoms with van der Waals surface area (Å²) in [6, 6.07) is 26.1. The van der Waals surface area contributed by atoms with Crippen LogP contribution in [-0.2, 0) is 15.3 Å². The maximum Gasteiger partial charge on any atom is 0.234 e. The third-order valence-electron chi connectivity index (χ3n) is 5.57. The van der Waals surface area contributed by atoms with E-state index in [9.17, 15) is 14.9 Å². The standard InChI is InChI=1S/C30H27N5O4S3/c1-38-23-12-8-21(9-13-23)32-26(36)18-41-29-25(16-31)28(40-17-20-6-4-3-5-7-20)34-30(35-29)42-19-27(37)33-22-10-14-24(39-2)15-11-22/h3-15H,17-19H2,1-2H3,(H,32,36)(H,33,37). The van der Waals surface area contributed by atoms with Crippen LogP contribution in [0.15, 0.2) is 94.1 Å². The van der Waals surface area contributed by atoms with E-state index >= 15 is 0 Å². The van der Waals surface area contributed by atoms with E-state index in [1.165, 1.54) is 11.8 Å². The van der Waals surface area contributed by atoms with Crippen molar-refractivity contribution >= 4 is 58.5 Å². The Labute approximate surface area is 256 Å². The number of nitriles is 1. The average Bonchev–Trinajstić information content (AvgIpc) is 3.03. The van der Waals surface area contributed by atoms with Crippen molar-refractivity contribution < 1.29 is 19.1 Å². The second-order valence-electron chi connectivity index (χ2n) is 8.51. The lowest BCUT2D eigenvalue weighted by Gasteiger charge is -2.11. The number of nitrogens with one attached hydrogen (secondary N) is 2. The van der Waals surface area contributed by atoms with Crippen molar-refractivity contribution in [2.24, 2.45) is 0 Å².